The Morgan fingerprint density at radius 3 is 2.45 bits per heavy atom. The van der Waals surface area contributed by atoms with E-state index in [1.54, 1.807) is 17.7 Å². The Balaban J connectivity index is 1.78. The molecule has 1 heterocycles. The summed E-state index contributed by atoms with van der Waals surface area (Å²) in [5.74, 6) is 0.888. The first-order valence-corrected chi connectivity index (χ1v) is 10.3. The van der Waals surface area contributed by atoms with Crippen LogP contribution in [0.1, 0.15) is 36.6 Å². The van der Waals surface area contributed by atoms with E-state index in [1.807, 2.05) is 49.4 Å². The van der Waals surface area contributed by atoms with E-state index in [1.165, 1.54) is 10.1 Å². The predicted molar refractivity (Wildman–Crippen MR) is 116 cm³/mol. The molecule has 6 heteroatoms. The van der Waals surface area contributed by atoms with Gasteiger partial charge in [-0.05, 0) is 61.1 Å². The largest absolute Gasteiger partial charge is 0.497 e. The third-order valence-corrected chi connectivity index (χ3v) is 5.25. The molecule has 1 N–H and O–H groups in total. The zero-order chi connectivity index (χ0) is 20.8. The van der Waals surface area contributed by atoms with Crippen molar-refractivity contribution in [2.75, 3.05) is 7.11 Å². The van der Waals surface area contributed by atoms with E-state index >= 15 is 0 Å². The first-order valence-electron chi connectivity index (χ1n) is 9.92. The molecule has 0 aliphatic carbocycles. The van der Waals surface area contributed by atoms with Gasteiger partial charge in [0, 0.05) is 11.6 Å². The van der Waals surface area contributed by atoms with Gasteiger partial charge >= 0.3 is 5.69 Å². The van der Waals surface area contributed by atoms with E-state index in [0.29, 0.717) is 30.2 Å². The molecule has 3 rings (SSSR count). The molecule has 0 saturated carbocycles. The molecule has 0 spiro atoms. The molecule has 0 fully saturated rings. The highest BCUT2D eigenvalue weighted by atomic mass is 35.5. The molecule has 154 valence electrons. The Morgan fingerprint density at radius 2 is 1.79 bits per heavy atom. The van der Waals surface area contributed by atoms with Crippen LogP contribution < -0.4 is 10.4 Å². The molecule has 0 radical (unpaired) electrons. The minimum absolute atomic E-state index is 0.0538. The van der Waals surface area contributed by atoms with E-state index in [2.05, 4.69) is 0 Å². The van der Waals surface area contributed by atoms with Gasteiger partial charge in [0.05, 0.1) is 19.3 Å². The Bertz CT molecular complexity index is 1010. The molecule has 0 bridgehead atoms. The fraction of sp³-hybridized carbons (Fsp3) is 0.348. The molecule has 0 aliphatic heterocycles. The van der Waals surface area contributed by atoms with Gasteiger partial charge in [-0.15, -0.1) is 0 Å². The predicted octanol–water partition coefficient (Wildman–Crippen LogP) is 4.65. The normalized spacial score (nSPS) is 11.0. The van der Waals surface area contributed by atoms with Gasteiger partial charge in [-0.25, -0.2) is 4.79 Å². The van der Waals surface area contributed by atoms with Crippen molar-refractivity contribution < 1.29 is 9.84 Å². The number of hydrogen-bond acceptors (Lipinski definition) is 3. The molecule has 5 nitrogen and oxygen atoms in total. The number of methoxy groups -OCH3 is 1. The lowest BCUT2D eigenvalue weighted by Gasteiger charge is -2.07. The number of ether oxygens (including phenoxy) is 1. The van der Waals surface area contributed by atoms with Crippen LogP contribution in [0.3, 0.4) is 0 Å². The molecule has 0 aliphatic rings. The van der Waals surface area contributed by atoms with Gasteiger partial charge in [0.1, 0.15) is 5.75 Å². The summed E-state index contributed by atoms with van der Waals surface area (Å²) in [6, 6.07) is 15.3. The Morgan fingerprint density at radius 1 is 1.03 bits per heavy atom. The molecule has 29 heavy (non-hydrogen) atoms. The van der Waals surface area contributed by atoms with Crippen LogP contribution in [0.25, 0.3) is 0 Å². The lowest BCUT2D eigenvalue weighted by molar-refractivity contribution is 0.414. The average molecular weight is 415 g/mol. The van der Waals surface area contributed by atoms with Crippen LogP contribution in [0.4, 0.5) is 0 Å². The number of halogens is 1. The molecular formula is C23H27ClN2O3. The molecule has 0 unspecified atom stereocenters. The van der Waals surface area contributed by atoms with Crippen molar-refractivity contribution in [2.45, 2.75) is 45.7 Å². The van der Waals surface area contributed by atoms with Crippen LogP contribution >= 0.6 is 11.6 Å². The summed E-state index contributed by atoms with van der Waals surface area (Å²) in [6.07, 6.45) is 3.16. The monoisotopic (exact) mass is 414 g/mol. The van der Waals surface area contributed by atoms with E-state index in [-0.39, 0.29) is 11.6 Å². The lowest BCUT2D eigenvalue weighted by Crippen LogP contribution is -2.25. The summed E-state index contributed by atoms with van der Waals surface area (Å²) in [4.78, 5) is 12.9. The van der Waals surface area contributed by atoms with Crippen LogP contribution in [0.5, 0.6) is 11.6 Å². The summed E-state index contributed by atoms with van der Waals surface area (Å²) in [5, 5.41) is 11.4. The molecule has 1 aromatic heterocycles. The van der Waals surface area contributed by atoms with Crippen molar-refractivity contribution in [1.82, 2.24) is 9.13 Å². The zero-order valence-electron chi connectivity index (χ0n) is 16.9. The second kappa shape index (κ2) is 9.70. The summed E-state index contributed by atoms with van der Waals surface area (Å²) in [6.45, 7) is 2.92. The summed E-state index contributed by atoms with van der Waals surface area (Å²) in [5.41, 5.74) is 2.61. The summed E-state index contributed by atoms with van der Waals surface area (Å²) < 4.78 is 8.33. The first-order chi connectivity index (χ1) is 14.0. The standard InChI is InChI=1S/C23H27ClN2O3/c1-3-14-25-21(9-5-6-17-10-12-20(29-2)13-11-17)22(27)26(23(25)28)16-18-7-4-8-19(24)15-18/h4,7-8,10-13,15,27H,3,5-6,9,14,16H2,1-2H3. The van der Waals surface area contributed by atoms with Crippen molar-refractivity contribution >= 4 is 11.6 Å². The number of benzene rings is 2. The van der Waals surface area contributed by atoms with Crippen molar-refractivity contribution in [1.29, 1.82) is 0 Å². The van der Waals surface area contributed by atoms with Gasteiger partial charge in [0.2, 0.25) is 5.88 Å². The average Bonchev–Trinajstić information content (AvgIpc) is 2.93. The minimum atomic E-state index is -0.177. The fourth-order valence-electron chi connectivity index (χ4n) is 3.54. The van der Waals surface area contributed by atoms with Crippen molar-refractivity contribution in [2.24, 2.45) is 0 Å². The van der Waals surface area contributed by atoms with Gasteiger partial charge < -0.3 is 9.84 Å². The van der Waals surface area contributed by atoms with Crippen LogP contribution in [-0.2, 0) is 25.9 Å². The second-order valence-corrected chi connectivity index (χ2v) is 7.56. The molecule has 0 atom stereocenters. The van der Waals surface area contributed by atoms with E-state index in [4.69, 9.17) is 16.3 Å². The topological polar surface area (TPSA) is 56.4 Å². The van der Waals surface area contributed by atoms with Crippen LogP contribution in [0.15, 0.2) is 53.3 Å². The zero-order valence-corrected chi connectivity index (χ0v) is 17.7. The van der Waals surface area contributed by atoms with Gasteiger partial charge in [-0.3, -0.25) is 9.13 Å². The summed E-state index contributed by atoms with van der Waals surface area (Å²) in [7, 11) is 1.65. The first kappa shape index (κ1) is 21.1. The molecule has 3 aromatic rings. The molecule has 0 amide bonds. The second-order valence-electron chi connectivity index (χ2n) is 7.12. The number of aromatic hydroxyl groups is 1. The van der Waals surface area contributed by atoms with Gasteiger partial charge in [0.15, 0.2) is 0 Å². The van der Waals surface area contributed by atoms with Gasteiger partial charge in [-0.1, -0.05) is 42.8 Å². The van der Waals surface area contributed by atoms with E-state index in [9.17, 15) is 9.90 Å². The Hall–Kier alpha value is -2.66. The third-order valence-electron chi connectivity index (χ3n) is 5.02. The van der Waals surface area contributed by atoms with Crippen molar-refractivity contribution in [3.05, 3.63) is 80.9 Å². The number of rotatable bonds is 9. The smallest absolute Gasteiger partial charge is 0.331 e. The van der Waals surface area contributed by atoms with E-state index < -0.39 is 0 Å². The van der Waals surface area contributed by atoms with Crippen molar-refractivity contribution in [3.63, 3.8) is 0 Å². The van der Waals surface area contributed by atoms with Crippen LogP contribution in [-0.4, -0.2) is 21.4 Å². The maximum Gasteiger partial charge on any atom is 0.331 e. The fourth-order valence-corrected chi connectivity index (χ4v) is 3.75. The summed E-state index contributed by atoms with van der Waals surface area (Å²) >= 11 is 6.06. The quantitative estimate of drug-likeness (QED) is 0.554. The number of hydrogen-bond donors (Lipinski definition) is 1. The number of aromatic nitrogens is 2. The Labute approximate surface area is 176 Å². The van der Waals surface area contributed by atoms with Crippen LogP contribution in [0.2, 0.25) is 5.02 Å². The highest BCUT2D eigenvalue weighted by molar-refractivity contribution is 6.30. The third kappa shape index (κ3) is 5.04. The highest BCUT2D eigenvalue weighted by Crippen LogP contribution is 2.22. The van der Waals surface area contributed by atoms with Crippen LogP contribution in [0, 0.1) is 0 Å². The maximum atomic E-state index is 12.9. The molecular weight excluding hydrogens is 388 g/mol. The molecule has 0 saturated heterocycles. The minimum Gasteiger partial charge on any atom is -0.497 e. The number of aryl methyl sites for hydroxylation is 1. The highest BCUT2D eigenvalue weighted by Gasteiger charge is 2.19. The van der Waals surface area contributed by atoms with Gasteiger partial charge in [-0.2, -0.15) is 0 Å². The van der Waals surface area contributed by atoms with Crippen molar-refractivity contribution in [3.8, 4) is 11.6 Å². The SMILES string of the molecule is CCCn1c(CCCc2ccc(OC)cc2)c(O)n(Cc2cccc(Cl)c2)c1=O. The Kier molecular flexibility index (Phi) is 7.04. The van der Waals surface area contributed by atoms with Gasteiger partial charge in [0.25, 0.3) is 0 Å². The lowest BCUT2D eigenvalue weighted by atomic mass is 10.1. The number of nitrogens with zero attached hydrogens (tertiary/aromatic N) is 2. The maximum absolute atomic E-state index is 12.9. The van der Waals surface area contributed by atoms with E-state index in [0.717, 1.165) is 30.6 Å². The number of imidazole rings is 1. The molecule has 2 aromatic carbocycles.